The Bertz CT molecular complexity index is 2150. The van der Waals surface area contributed by atoms with Crippen molar-refractivity contribution >= 4 is 49.3 Å². The van der Waals surface area contributed by atoms with Crippen LogP contribution in [-0.4, -0.2) is 58.6 Å². The summed E-state index contributed by atoms with van der Waals surface area (Å²) in [4.78, 5) is 20.0. The van der Waals surface area contributed by atoms with E-state index in [9.17, 15) is 15.0 Å². The molecule has 8 rings (SSSR count). The Kier molecular flexibility index (Phi) is 5.17. The number of anilines is 1. The predicted molar refractivity (Wildman–Crippen MR) is 155 cm³/mol. The first-order valence-electron chi connectivity index (χ1n) is 13.4. The van der Waals surface area contributed by atoms with Crippen LogP contribution in [-0.2, 0) is 11.3 Å². The molecule has 5 N–H and O–H groups in total. The maximum atomic E-state index is 13.0. The van der Waals surface area contributed by atoms with Crippen LogP contribution in [0.4, 0.5) is 5.95 Å². The lowest BCUT2D eigenvalue weighted by Crippen LogP contribution is -2.24. The van der Waals surface area contributed by atoms with Crippen LogP contribution in [0.15, 0.2) is 71.8 Å². The Morgan fingerprint density at radius 1 is 1.00 bits per heavy atom. The molecule has 41 heavy (non-hydrogen) atoms. The molecule has 204 valence electrons. The minimum absolute atomic E-state index is 0.0386. The number of benzene rings is 4. The van der Waals surface area contributed by atoms with Gasteiger partial charge in [0, 0.05) is 18.2 Å². The fourth-order valence-corrected chi connectivity index (χ4v) is 6.24. The second-order valence-electron chi connectivity index (χ2n) is 10.6. The second-order valence-corrected chi connectivity index (χ2v) is 10.6. The van der Waals surface area contributed by atoms with E-state index in [4.69, 9.17) is 10.5 Å². The van der Waals surface area contributed by atoms with E-state index in [-0.39, 0.29) is 19.0 Å². The van der Waals surface area contributed by atoms with Gasteiger partial charge < -0.3 is 25.3 Å². The van der Waals surface area contributed by atoms with Crippen LogP contribution in [0.2, 0.25) is 0 Å². The summed E-state index contributed by atoms with van der Waals surface area (Å²) in [7, 11) is 0. The normalized spacial score (nSPS) is 19.4. The first-order chi connectivity index (χ1) is 20.0. The van der Waals surface area contributed by atoms with Gasteiger partial charge in [-0.15, -0.1) is 5.10 Å². The molecule has 0 aliphatic carbocycles. The minimum Gasteiger partial charge on any atom is -0.394 e. The molecule has 7 aromatic rings. The van der Waals surface area contributed by atoms with Gasteiger partial charge in [-0.2, -0.15) is 4.98 Å². The molecule has 1 fully saturated rings. The van der Waals surface area contributed by atoms with Crippen molar-refractivity contribution in [3.8, 4) is 11.3 Å². The van der Waals surface area contributed by atoms with E-state index >= 15 is 0 Å². The van der Waals surface area contributed by atoms with Gasteiger partial charge in [0.2, 0.25) is 5.95 Å². The molecular weight excluding hydrogens is 522 g/mol. The molecule has 0 spiro atoms. The van der Waals surface area contributed by atoms with Crippen LogP contribution in [0, 0.1) is 0 Å². The number of nitrogens with one attached hydrogen (secondary N) is 1. The molecule has 3 atom stereocenters. The number of ether oxygens (including phenoxy) is 1. The predicted octanol–water partition coefficient (Wildman–Crippen LogP) is 3.15. The summed E-state index contributed by atoms with van der Waals surface area (Å²) in [6, 6.07) is 19.3. The summed E-state index contributed by atoms with van der Waals surface area (Å²) in [5.74, 6) is -0.0386. The van der Waals surface area contributed by atoms with Gasteiger partial charge in [-0.1, -0.05) is 59.8 Å². The molecule has 0 unspecified atom stereocenters. The molecule has 11 heteroatoms. The van der Waals surface area contributed by atoms with Crippen LogP contribution >= 0.6 is 0 Å². The maximum Gasteiger partial charge on any atom is 0.262 e. The summed E-state index contributed by atoms with van der Waals surface area (Å²) in [6.45, 7) is 0.161. The smallest absolute Gasteiger partial charge is 0.262 e. The number of hydrogen-bond acceptors (Lipinski definition) is 8. The number of nitrogen functional groups attached to an aromatic ring is 1. The summed E-state index contributed by atoms with van der Waals surface area (Å²) in [5, 5.41) is 36.2. The highest BCUT2D eigenvalue weighted by Crippen LogP contribution is 2.37. The Balaban J connectivity index is 1.21. The summed E-state index contributed by atoms with van der Waals surface area (Å²) in [6.07, 6.45) is 1.52. The molecule has 4 aromatic carbocycles. The monoisotopic (exact) mass is 547 g/mol. The topological polar surface area (TPSA) is 157 Å². The largest absolute Gasteiger partial charge is 0.394 e. The number of hydrogen-bond donors (Lipinski definition) is 4. The molecule has 0 bridgehead atoms. The summed E-state index contributed by atoms with van der Waals surface area (Å²) in [5.41, 5.74) is 7.86. The van der Waals surface area contributed by atoms with Crippen LogP contribution in [0.3, 0.4) is 0 Å². The number of aliphatic hydroxyl groups is 2. The van der Waals surface area contributed by atoms with E-state index in [1.54, 1.807) is 21.6 Å². The van der Waals surface area contributed by atoms with Crippen molar-refractivity contribution in [2.24, 2.45) is 0 Å². The summed E-state index contributed by atoms with van der Waals surface area (Å²) >= 11 is 0. The maximum absolute atomic E-state index is 13.0. The summed E-state index contributed by atoms with van der Waals surface area (Å²) < 4.78 is 9.26. The lowest BCUT2D eigenvalue weighted by Gasteiger charge is -2.14. The van der Waals surface area contributed by atoms with Crippen molar-refractivity contribution in [1.82, 2.24) is 29.5 Å². The zero-order valence-electron chi connectivity index (χ0n) is 21.7. The van der Waals surface area contributed by atoms with E-state index in [0.29, 0.717) is 28.8 Å². The number of aliphatic hydroxyl groups excluding tert-OH is 2. The van der Waals surface area contributed by atoms with Crippen LogP contribution < -0.4 is 11.3 Å². The molecule has 3 aromatic heterocycles. The van der Waals surface area contributed by atoms with Crippen molar-refractivity contribution in [3.05, 3.63) is 82.9 Å². The molecule has 0 saturated carbocycles. The lowest BCUT2D eigenvalue weighted by atomic mass is 9.92. The average Bonchev–Trinajstić information content (AvgIpc) is 3.69. The molecule has 1 aliphatic heterocycles. The van der Waals surface area contributed by atoms with Crippen LogP contribution in [0.5, 0.6) is 0 Å². The van der Waals surface area contributed by atoms with Gasteiger partial charge in [0.05, 0.1) is 30.8 Å². The number of aromatic amines is 1. The highest BCUT2D eigenvalue weighted by molar-refractivity contribution is 6.23. The van der Waals surface area contributed by atoms with E-state index in [1.807, 2.05) is 0 Å². The Hall–Kier alpha value is -4.84. The van der Waals surface area contributed by atoms with Crippen LogP contribution in [0.25, 0.3) is 54.6 Å². The van der Waals surface area contributed by atoms with Gasteiger partial charge in [-0.25, -0.2) is 4.68 Å². The van der Waals surface area contributed by atoms with Gasteiger partial charge >= 0.3 is 0 Å². The van der Waals surface area contributed by atoms with Crippen LogP contribution in [0.1, 0.15) is 18.2 Å². The van der Waals surface area contributed by atoms with Crippen molar-refractivity contribution < 1.29 is 14.9 Å². The first-order valence-corrected chi connectivity index (χ1v) is 13.4. The molecule has 0 amide bonds. The molecule has 11 nitrogen and oxygen atoms in total. The van der Waals surface area contributed by atoms with E-state index in [0.717, 1.165) is 10.9 Å². The minimum atomic E-state index is -0.851. The van der Waals surface area contributed by atoms with E-state index in [1.165, 1.54) is 26.9 Å². The van der Waals surface area contributed by atoms with Gasteiger partial charge in [0.15, 0.2) is 5.65 Å². The molecular formula is C30H25N7O4. The number of fused-ring (bicyclic) bond motifs is 1. The van der Waals surface area contributed by atoms with Crippen molar-refractivity contribution in [2.45, 2.75) is 31.4 Å². The first kappa shape index (κ1) is 24.0. The molecule has 0 radical (unpaired) electrons. The van der Waals surface area contributed by atoms with E-state index in [2.05, 4.69) is 74.9 Å². The molecule has 4 heterocycles. The Morgan fingerprint density at radius 2 is 1.76 bits per heavy atom. The zero-order chi connectivity index (χ0) is 27.8. The third-order valence-corrected chi connectivity index (χ3v) is 8.16. The lowest BCUT2D eigenvalue weighted by molar-refractivity contribution is -0.0430. The zero-order valence-corrected chi connectivity index (χ0v) is 21.7. The number of nitrogens with zero attached hydrogens (tertiary/aromatic N) is 5. The van der Waals surface area contributed by atoms with Gasteiger partial charge in [-0.3, -0.25) is 9.78 Å². The number of aromatic nitrogens is 6. The Morgan fingerprint density at radius 3 is 2.54 bits per heavy atom. The van der Waals surface area contributed by atoms with Gasteiger partial charge in [-0.05, 0) is 37.9 Å². The third-order valence-electron chi connectivity index (χ3n) is 8.16. The van der Waals surface area contributed by atoms with Gasteiger partial charge in [0.1, 0.15) is 18.0 Å². The van der Waals surface area contributed by atoms with Crippen molar-refractivity contribution in [1.29, 1.82) is 0 Å². The number of nitrogens with two attached hydrogens (primary N) is 1. The van der Waals surface area contributed by atoms with Crippen molar-refractivity contribution in [2.75, 3.05) is 12.3 Å². The SMILES string of the molecule is Nc1nc2c(c(-c3cn(Cc4ccc5ccc6cccc7ccc4c5c67)nn3)cn2[C@H]2C[C@H](O)[C@@H](CO)O2)c(=O)[nH]1. The third kappa shape index (κ3) is 3.63. The second kappa shape index (κ2) is 8.83. The number of rotatable bonds is 5. The van der Waals surface area contributed by atoms with E-state index < -0.39 is 24.0 Å². The Labute approximate surface area is 231 Å². The fraction of sp³-hybridized carbons (Fsp3) is 0.200. The van der Waals surface area contributed by atoms with Crippen molar-refractivity contribution in [3.63, 3.8) is 0 Å². The number of H-pyrrole nitrogens is 1. The highest BCUT2D eigenvalue weighted by Gasteiger charge is 2.36. The molecule has 1 saturated heterocycles. The highest BCUT2D eigenvalue weighted by atomic mass is 16.5. The quantitative estimate of drug-likeness (QED) is 0.239. The fourth-order valence-electron chi connectivity index (χ4n) is 6.24. The average molecular weight is 548 g/mol. The van der Waals surface area contributed by atoms with Gasteiger partial charge in [0.25, 0.3) is 5.56 Å². The standard InChI is InChI=1S/C30H25N7O4/c31-30-32-28-27(29(40)33-30)20(12-37(28)24-10-22(39)23(14-38)41-24)21-13-36(35-34-21)11-18-7-6-17-5-4-15-2-1-3-16-8-9-19(18)26(17)25(15)16/h1-9,12-13,22-24,38-39H,10-11,14H2,(H3,31,32,33,40)/t22-,23+,24+/m0/s1. The molecule has 1 aliphatic rings.